The number of halogens is 1. The highest BCUT2D eigenvalue weighted by Gasteiger charge is 2.03. The van der Waals surface area contributed by atoms with E-state index in [2.05, 4.69) is 18.3 Å². The second-order valence-electron chi connectivity index (χ2n) is 3.37. The van der Waals surface area contributed by atoms with Gasteiger partial charge in [0.2, 0.25) is 0 Å². The van der Waals surface area contributed by atoms with Crippen LogP contribution in [0.4, 0.5) is 0 Å². The van der Waals surface area contributed by atoms with Crippen molar-refractivity contribution in [1.82, 2.24) is 5.32 Å². The number of ether oxygens (including phenoxy) is 1. The predicted molar refractivity (Wildman–Crippen MR) is 71.4 cm³/mol. The molecule has 1 aromatic carbocycles. The number of hydrogen-bond donors (Lipinski definition) is 1. The van der Waals surface area contributed by atoms with E-state index in [-0.39, 0.29) is 0 Å². The first-order valence-electron chi connectivity index (χ1n) is 5.38. The van der Waals surface area contributed by atoms with Crippen molar-refractivity contribution in [3.8, 4) is 0 Å². The van der Waals surface area contributed by atoms with Gasteiger partial charge in [-0.3, -0.25) is 0 Å². The molecule has 0 unspecified atom stereocenters. The van der Waals surface area contributed by atoms with E-state index in [9.17, 15) is 0 Å². The van der Waals surface area contributed by atoms with Crippen LogP contribution in [-0.2, 0) is 11.3 Å². The first-order valence-corrected chi connectivity index (χ1v) is 6.75. The highest BCUT2D eigenvalue weighted by molar-refractivity contribution is 7.99. The van der Waals surface area contributed by atoms with E-state index in [0.717, 1.165) is 30.5 Å². The lowest BCUT2D eigenvalue weighted by Crippen LogP contribution is -2.12. The number of thioether (sulfide) groups is 1. The standard InChI is InChI=1S/C12H18ClNOS/c1-3-14-9-10-4-5-11(13)8-12(10)16-7-6-15-2/h4-5,8,14H,3,6-7,9H2,1-2H3. The van der Waals surface area contributed by atoms with Crippen LogP contribution in [0.2, 0.25) is 5.02 Å². The van der Waals surface area contributed by atoms with Crippen LogP contribution in [0.25, 0.3) is 0 Å². The van der Waals surface area contributed by atoms with E-state index < -0.39 is 0 Å². The Balaban J connectivity index is 2.65. The molecule has 1 N–H and O–H groups in total. The van der Waals surface area contributed by atoms with Crippen LogP contribution >= 0.6 is 23.4 Å². The summed E-state index contributed by atoms with van der Waals surface area (Å²) in [6.07, 6.45) is 0. The van der Waals surface area contributed by atoms with Gasteiger partial charge in [-0.05, 0) is 24.2 Å². The molecule has 0 saturated carbocycles. The van der Waals surface area contributed by atoms with E-state index in [0.29, 0.717) is 0 Å². The predicted octanol–water partition coefficient (Wildman–Crippen LogP) is 3.19. The van der Waals surface area contributed by atoms with Crippen LogP contribution in [0.15, 0.2) is 23.1 Å². The van der Waals surface area contributed by atoms with Gasteiger partial charge in [0, 0.05) is 29.3 Å². The first kappa shape index (κ1) is 13.8. The lowest BCUT2D eigenvalue weighted by Gasteiger charge is -2.10. The van der Waals surface area contributed by atoms with Gasteiger partial charge in [-0.1, -0.05) is 24.6 Å². The molecule has 0 aromatic heterocycles. The highest BCUT2D eigenvalue weighted by atomic mass is 35.5. The Bertz CT molecular complexity index is 320. The van der Waals surface area contributed by atoms with E-state index in [1.165, 1.54) is 10.5 Å². The Morgan fingerprint density at radius 3 is 2.94 bits per heavy atom. The van der Waals surface area contributed by atoms with Crippen LogP contribution in [0.1, 0.15) is 12.5 Å². The van der Waals surface area contributed by atoms with Crippen molar-refractivity contribution in [2.24, 2.45) is 0 Å². The summed E-state index contributed by atoms with van der Waals surface area (Å²) in [6.45, 7) is 4.74. The van der Waals surface area contributed by atoms with Crippen molar-refractivity contribution in [3.63, 3.8) is 0 Å². The third-order valence-electron chi connectivity index (χ3n) is 2.14. The van der Waals surface area contributed by atoms with Gasteiger partial charge >= 0.3 is 0 Å². The molecule has 1 aromatic rings. The lowest BCUT2D eigenvalue weighted by atomic mass is 10.2. The molecule has 0 aliphatic carbocycles. The van der Waals surface area contributed by atoms with E-state index in [4.69, 9.17) is 16.3 Å². The molecule has 0 atom stereocenters. The van der Waals surface area contributed by atoms with Crippen molar-refractivity contribution in [1.29, 1.82) is 0 Å². The van der Waals surface area contributed by atoms with Gasteiger partial charge in [-0.2, -0.15) is 0 Å². The molecule has 1 rings (SSSR count). The van der Waals surface area contributed by atoms with E-state index >= 15 is 0 Å². The van der Waals surface area contributed by atoms with E-state index in [1.54, 1.807) is 18.9 Å². The zero-order valence-electron chi connectivity index (χ0n) is 9.75. The molecule has 0 bridgehead atoms. The molecule has 90 valence electrons. The zero-order valence-corrected chi connectivity index (χ0v) is 11.3. The van der Waals surface area contributed by atoms with Crippen molar-refractivity contribution in [2.45, 2.75) is 18.4 Å². The van der Waals surface area contributed by atoms with E-state index in [1.807, 2.05) is 12.1 Å². The fraction of sp³-hybridized carbons (Fsp3) is 0.500. The molecular weight excluding hydrogens is 242 g/mol. The summed E-state index contributed by atoms with van der Waals surface area (Å²) in [5.41, 5.74) is 1.30. The SMILES string of the molecule is CCNCc1ccc(Cl)cc1SCCOC. The smallest absolute Gasteiger partial charge is 0.0556 e. The molecular formula is C12H18ClNOS. The molecule has 0 fully saturated rings. The van der Waals surface area contributed by atoms with Crippen molar-refractivity contribution in [3.05, 3.63) is 28.8 Å². The Morgan fingerprint density at radius 1 is 1.44 bits per heavy atom. The zero-order chi connectivity index (χ0) is 11.8. The van der Waals surface area contributed by atoms with Crippen LogP contribution < -0.4 is 5.32 Å². The first-order chi connectivity index (χ1) is 7.77. The fourth-order valence-corrected chi connectivity index (χ4v) is 2.55. The molecule has 0 amide bonds. The second-order valence-corrected chi connectivity index (χ2v) is 4.95. The topological polar surface area (TPSA) is 21.3 Å². The quantitative estimate of drug-likeness (QED) is 0.600. The number of hydrogen-bond acceptors (Lipinski definition) is 3. The van der Waals surface area contributed by atoms with Crippen LogP contribution in [-0.4, -0.2) is 26.0 Å². The number of rotatable bonds is 7. The molecule has 0 spiro atoms. The fourth-order valence-electron chi connectivity index (χ4n) is 1.30. The largest absolute Gasteiger partial charge is 0.384 e. The molecule has 4 heteroatoms. The van der Waals surface area contributed by atoms with Gasteiger partial charge < -0.3 is 10.1 Å². The monoisotopic (exact) mass is 259 g/mol. The summed E-state index contributed by atoms with van der Waals surface area (Å²) in [5.74, 6) is 0.954. The van der Waals surface area contributed by atoms with Gasteiger partial charge in [0.15, 0.2) is 0 Å². The average Bonchev–Trinajstić information content (AvgIpc) is 2.28. The lowest BCUT2D eigenvalue weighted by molar-refractivity contribution is 0.218. The molecule has 0 heterocycles. The molecule has 0 aliphatic rings. The van der Waals surface area contributed by atoms with Gasteiger partial charge in [0.25, 0.3) is 0 Å². The Morgan fingerprint density at radius 2 is 2.25 bits per heavy atom. The maximum Gasteiger partial charge on any atom is 0.0556 e. The Hall–Kier alpha value is -0.220. The average molecular weight is 260 g/mol. The van der Waals surface area contributed by atoms with Gasteiger partial charge in [0.1, 0.15) is 0 Å². The summed E-state index contributed by atoms with van der Waals surface area (Å²) in [7, 11) is 1.72. The van der Waals surface area contributed by atoms with Crippen LogP contribution in [0.5, 0.6) is 0 Å². The van der Waals surface area contributed by atoms with Crippen molar-refractivity contribution in [2.75, 3.05) is 26.0 Å². The molecule has 2 nitrogen and oxygen atoms in total. The maximum atomic E-state index is 6.00. The highest BCUT2D eigenvalue weighted by Crippen LogP contribution is 2.26. The minimum absolute atomic E-state index is 0.762. The van der Waals surface area contributed by atoms with Gasteiger partial charge in [-0.25, -0.2) is 0 Å². The minimum Gasteiger partial charge on any atom is -0.384 e. The third kappa shape index (κ3) is 4.74. The van der Waals surface area contributed by atoms with Gasteiger partial charge in [0.05, 0.1) is 6.61 Å². The molecule has 0 radical (unpaired) electrons. The summed E-state index contributed by atoms with van der Waals surface area (Å²) >= 11 is 7.79. The Kier molecular flexibility index (Phi) is 6.88. The maximum absolute atomic E-state index is 6.00. The van der Waals surface area contributed by atoms with Crippen LogP contribution in [0, 0.1) is 0 Å². The van der Waals surface area contributed by atoms with Gasteiger partial charge in [-0.15, -0.1) is 11.8 Å². The number of benzene rings is 1. The number of nitrogens with one attached hydrogen (secondary N) is 1. The Labute approximate surface area is 107 Å². The normalized spacial score (nSPS) is 10.7. The molecule has 16 heavy (non-hydrogen) atoms. The van der Waals surface area contributed by atoms with Crippen molar-refractivity contribution < 1.29 is 4.74 Å². The summed E-state index contributed by atoms with van der Waals surface area (Å²) < 4.78 is 5.05. The van der Waals surface area contributed by atoms with Crippen molar-refractivity contribution >= 4 is 23.4 Å². The minimum atomic E-state index is 0.762. The van der Waals surface area contributed by atoms with Crippen LogP contribution in [0.3, 0.4) is 0 Å². The second kappa shape index (κ2) is 7.96. The molecule has 0 aliphatic heterocycles. The number of methoxy groups -OCH3 is 1. The third-order valence-corrected chi connectivity index (χ3v) is 3.44. The summed E-state index contributed by atoms with van der Waals surface area (Å²) in [6, 6.07) is 6.04. The summed E-state index contributed by atoms with van der Waals surface area (Å²) in [4.78, 5) is 1.24. The molecule has 0 saturated heterocycles. The summed E-state index contributed by atoms with van der Waals surface area (Å²) in [5, 5.41) is 4.12.